The van der Waals surface area contributed by atoms with Gasteiger partial charge in [0.1, 0.15) is 5.82 Å². The van der Waals surface area contributed by atoms with Gasteiger partial charge >= 0.3 is 0 Å². The lowest BCUT2D eigenvalue weighted by molar-refractivity contribution is -0.122. The maximum absolute atomic E-state index is 13.1. The second kappa shape index (κ2) is 10.7. The summed E-state index contributed by atoms with van der Waals surface area (Å²) in [5.41, 5.74) is 2.60. The number of imidazole rings is 1. The van der Waals surface area contributed by atoms with Crippen LogP contribution in [0.2, 0.25) is 0 Å². The van der Waals surface area contributed by atoms with Crippen LogP contribution in [-0.4, -0.2) is 23.9 Å². The first-order valence-electron chi connectivity index (χ1n) is 12.2. The summed E-state index contributed by atoms with van der Waals surface area (Å²) < 4.78 is 25.6. The molecule has 2 aromatic carbocycles. The van der Waals surface area contributed by atoms with Gasteiger partial charge in [0.25, 0.3) is 0 Å². The van der Waals surface area contributed by atoms with Crippen molar-refractivity contribution in [1.82, 2.24) is 14.9 Å². The summed E-state index contributed by atoms with van der Waals surface area (Å²) in [7, 11) is -3.80. The molecule has 182 valence electrons. The molecule has 1 aromatic heterocycles. The number of amides is 1. The number of carbonyl (C=O) groups excluding carboxylic acids is 1. The molecule has 0 radical (unpaired) electrons. The van der Waals surface area contributed by atoms with E-state index in [-0.39, 0.29) is 16.8 Å². The highest BCUT2D eigenvalue weighted by atomic mass is 32.2. The van der Waals surface area contributed by atoms with Crippen LogP contribution in [0.5, 0.6) is 0 Å². The smallest absolute Gasteiger partial charge is 0.238 e. The Morgan fingerprint density at radius 2 is 1.88 bits per heavy atom. The van der Waals surface area contributed by atoms with Crippen LogP contribution in [0.4, 0.5) is 0 Å². The van der Waals surface area contributed by atoms with Crippen molar-refractivity contribution in [3.8, 4) is 0 Å². The van der Waals surface area contributed by atoms with E-state index in [1.54, 1.807) is 6.07 Å². The molecule has 3 N–H and O–H groups in total. The lowest BCUT2D eigenvalue weighted by atomic mass is 9.81. The molecule has 0 bridgehead atoms. The summed E-state index contributed by atoms with van der Waals surface area (Å²) >= 11 is 0. The summed E-state index contributed by atoms with van der Waals surface area (Å²) in [4.78, 5) is 17.8. The van der Waals surface area contributed by atoms with Crippen LogP contribution in [0.15, 0.2) is 53.4 Å². The Hall–Kier alpha value is -2.71. The van der Waals surface area contributed by atoms with Crippen LogP contribution < -0.4 is 10.5 Å². The van der Waals surface area contributed by atoms with E-state index in [2.05, 4.69) is 33.9 Å². The summed E-state index contributed by atoms with van der Waals surface area (Å²) in [6, 6.07) is 15.1. The minimum absolute atomic E-state index is 0.0137. The molecular weight excluding hydrogens is 448 g/mol. The van der Waals surface area contributed by atoms with Gasteiger partial charge in [0.2, 0.25) is 15.9 Å². The fourth-order valence-electron chi connectivity index (χ4n) is 5.07. The van der Waals surface area contributed by atoms with Crippen molar-refractivity contribution in [3.63, 3.8) is 0 Å². The van der Waals surface area contributed by atoms with Crippen LogP contribution in [0.1, 0.15) is 69.3 Å². The Kier molecular flexibility index (Phi) is 7.68. The minimum atomic E-state index is -3.80. The van der Waals surface area contributed by atoms with Gasteiger partial charge in [-0.3, -0.25) is 4.79 Å². The first-order valence-corrected chi connectivity index (χ1v) is 13.8. The average Bonchev–Trinajstić information content (AvgIpc) is 3.19. The third-order valence-electron chi connectivity index (χ3n) is 6.75. The van der Waals surface area contributed by atoms with Crippen molar-refractivity contribution in [1.29, 1.82) is 0 Å². The van der Waals surface area contributed by atoms with E-state index >= 15 is 0 Å². The van der Waals surface area contributed by atoms with E-state index < -0.39 is 10.0 Å². The van der Waals surface area contributed by atoms with Gasteiger partial charge in [-0.1, -0.05) is 56.5 Å². The molecule has 1 atom stereocenters. The van der Waals surface area contributed by atoms with Gasteiger partial charge in [-0.15, -0.1) is 0 Å². The van der Waals surface area contributed by atoms with Gasteiger partial charge in [0.15, 0.2) is 0 Å². The number of carbonyl (C=O) groups is 1. The maximum Gasteiger partial charge on any atom is 0.238 e. The lowest BCUT2D eigenvalue weighted by Gasteiger charge is -2.31. The third kappa shape index (κ3) is 5.67. The first kappa shape index (κ1) is 24.4. The molecule has 7 nitrogen and oxygen atoms in total. The Labute approximate surface area is 201 Å². The highest BCUT2D eigenvalue weighted by Gasteiger charge is 2.26. The zero-order valence-electron chi connectivity index (χ0n) is 19.7. The van der Waals surface area contributed by atoms with Crippen LogP contribution in [0, 0.1) is 5.92 Å². The number of aromatic nitrogens is 2. The third-order valence-corrected chi connectivity index (χ3v) is 7.66. The summed E-state index contributed by atoms with van der Waals surface area (Å²) in [6.07, 6.45) is 7.68. The molecule has 8 heteroatoms. The second-order valence-corrected chi connectivity index (χ2v) is 10.8. The fourth-order valence-corrected chi connectivity index (χ4v) is 5.61. The molecule has 1 heterocycles. The molecule has 0 saturated heterocycles. The van der Waals surface area contributed by atoms with Gasteiger partial charge < -0.3 is 9.88 Å². The van der Waals surface area contributed by atoms with Crippen LogP contribution >= 0.6 is 0 Å². The number of sulfonamides is 1. The number of nitrogens with one attached hydrogen (secondary N) is 1. The Balaban J connectivity index is 1.51. The van der Waals surface area contributed by atoms with Gasteiger partial charge in [0, 0.05) is 19.4 Å². The van der Waals surface area contributed by atoms with E-state index in [4.69, 9.17) is 5.14 Å². The molecular formula is C26H34N4O3S. The van der Waals surface area contributed by atoms with Crippen LogP contribution in [-0.2, 0) is 27.8 Å². The molecule has 0 spiro atoms. The molecule has 1 aliphatic rings. The number of primary sulfonamides is 1. The second-order valence-electron chi connectivity index (χ2n) is 9.23. The number of hydrogen-bond donors (Lipinski definition) is 2. The van der Waals surface area contributed by atoms with E-state index in [0.29, 0.717) is 24.3 Å². The number of hydrogen-bond acceptors (Lipinski definition) is 4. The molecule has 3 aromatic rings. The molecule has 1 amide bonds. The number of nitrogens with two attached hydrogens (primary N) is 1. The number of benzene rings is 2. The van der Waals surface area contributed by atoms with E-state index in [1.165, 1.54) is 31.4 Å². The number of aryl methyl sites for hydroxylation is 2. The minimum Gasteiger partial charge on any atom is -0.349 e. The van der Waals surface area contributed by atoms with Crippen LogP contribution in [0.25, 0.3) is 11.0 Å². The average molecular weight is 483 g/mol. The summed E-state index contributed by atoms with van der Waals surface area (Å²) in [5, 5.41) is 8.61. The predicted octanol–water partition coefficient (Wildman–Crippen LogP) is 4.46. The number of rotatable bonds is 9. The zero-order chi connectivity index (χ0) is 24.1. The first-order chi connectivity index (χ1) is 16.4. The highest BCUT2D eigenvalue weighted by Crippen LogP contribution is 2.34. The quantitative estimate of drug-likeness (QED) is 0.469. The van der Waals surface area contributed by atoms with Crippen LogP contribution in [0.3, 0.4) is 0 Å². The fraction of sp³-hybridized carbons (Fsp3) is 0.462. The lowest BCUT2D eigenvalue weighted by Crippen LogP contribution is -2.34. The maximum atomic E-state index is 13.1. The molecule has 0 aliphatic heterocycles. The topological polar surface area (TPSA) is 107 Å². The monoisotopic (exact) mass is 482 g/mol. The largest absolute Gasteiger partial charge is 0.349 e. The van der Waals surface area contributed by atoms with Gasteiger partial charge in [-0.2, -0.15) is 0 Å². The van der Waals surface area contributed by atoms with E-state index in [0.717, 1.165) is 42.7 Å². The number of nitrogens with zero attached hydrogens (tertiary/aromatic N) is 2. The molecule has 1 unspecified atom stereocenters. The summed E-state index contributed by atoms with van der Waals surface area (Å²) in [5.74, 6) is 1.26. The van der Waals surface area contributed by atoms with Crippen molar-refractivity contribution < 1.29 is 13.2 Å². The van der Waals surface area contributed by atoms with Crippen molar-refractivity contribution in [3.05, 3.63) is 59.9 Å². The SMILES string of the molecule is CCCn1c(CCC(=O)NC(c2ccccc2)C2CCCCC2)nc2cc(S(N)(=O)=O)ccc21. The molecule has 1 fully saturated rings. The number of fused-ring (bicyclic) bond motifs is 1. The van der Waals surface area contributed by atoms with Crippen molar-refractivity contribution in [2.45, 2.75) is 75.8 Å². The van der Waals surface area contributed by atoms with Gasteiger partial charge in [-0.25, -0.2) is 18.5 Å². The van der Waals surface area contributed by atoms with Crippen molar-refractivity contribution in [2.24, 2.45) is 11.1 Å². The van der Waals surface area contributed by atoms with Gasteiger partial charge in [0.05, 0.1) is 22.0 Å². The standard InChI is InChI=1S/C26H34N4O3S/c1-2-17-30-23-14-13-21(34(27,32)33)18-22(23)28-24(30)15-16-25(31)29-26(19-9-5-3-6-10-19)20-11-7-4-8-12-20/h3,5-6,9-10,13-14,18,20,26H,2,4,7-8,11-12,15-17H2,1H3,(H,29,31)(H2,27,32,33). The van der Waals surface area contributed by atoms with E-state index in [1.807, 2.05) is 18.2 Å². The van der Waals surface area contributed by atoms with Crippen molar-refractivity contribution in [2.75, 3.05) is 0 Å². The predicted molar refractivity (Wildman–Crippen MR) is 134 cm³/mol. The molecule has 34 heavy (non-hydrogen) atoms. The Morgan fingerprint density at radius 1 is 1.15 bits per heavy atom. The van der Waals surface area contributed by atoms with E-state index in [9.17, 15) is 13.2 Å². The van der Waals surface area contributed by atoms with Crippen molar-refractivity contribution >= 4 is 27.0 Å². The zero-order valence-corrected chi connectivity index (χ0v) is 20.6. The van der Waals surface area contributed by atoms with Gasteiger partial charge in [-0.05, 0) is 48.9 Å². The normalized spacial score (nSPS) is 15.9. The highest BCUT2D eigenvalue weighted by molar-refractivity contribution is 7.89. The Bertz CT molecular complexity index is 1230. The summed E-state index contributed by atoms with van der Waals surface area (Å²) in [6.45, 7) is 2.83. The molecule has 4 rings (SSSR count). The molecule has 1 saturated carbocycles. The molecule has 1 aliphatic carbocycles. The Morgan fingerprint density at radius 3 is 2.56 bits per heavy atom.